The standard InChI is InChI=1S/C21H28N4O3/c26-20-17(14-23-8-4-1-5-9-23)16-28-21(27)18(20)15-24-10-12-25(13-11-24)19-6-2-3-7-22-19/h2-3,6-7,16,26H,1,4-5,8-15H2. The van der Waals surface area contributed by atoms with Gasteiger partial charge in [0.2, 0.25) is 0 Å². The van der Waals surface area contributed by atoms with E-state index < -0.39 is 5.63 Å². The average molecular weight is 384 g/mol. The van der Waals surface area contributed by atoms with Gasteiger partial charge in [-0.1, -0.05) is 12.5 Å². The van der Waals surface area contributed by atoms with Crippen molar-refractivity contribution in [2.45, 2.75) is 32.4 Å². The van der Waals surface area contributed by atoms with E-state index in [0.29, 0.717) is 24.2 Å². The highest BCUT2D eigenvalue weighted by molar-refractivity contribution is 5.39. The normalized spacial score (nSPS) is 19.1. The third-order valence-electron chi connectivity index (χ3n) is 5.71. The number of aromatic hydroxyl groups is 1. The fraction of sp³-hybridized carbons (Fsp3) is 0.524. The van der Waals surface area contributed by atoms with Gasteiger partial charge in [0.05, 0.1) is 5.56 Å². The molecule has 0 radical (unpaired) electrons. The number of rotatable bonds is 5. The zero-order valence-corrected chi connectivity index (χ0v) is 16.2. The van der Waals surface area contributed by atoms with Gasteiger partial charge < -0.3 is 14.4 Å². The zero-order valence-electron chi connectivity index (χ0n) is 16.2. The minimum atomic E-state index is -0.438. The molecule has 7 nitrogen and oxygen atoms in total. The van der Waals surface area contributed by atoms with E-state index in [1.54, 1.807) is 6.20 Å². The molecule has 150 valence electrons. The Labute approximate surface area is 165 Å². The van der Waals surface area contributed by atoms with Crippen LogP contribution in [0.15, 0.2) is 39.9 Å². The number of nitrogens with zero attached hydrogens (tertiary/aromatic N) is 4. The minimum Gasteiger partial charge on any atom is -0.507 e. The topological polar surface area (TPSA) is 73.1 Å². The van der Waals surface area contributed by atoms with Crippen molar-refractivity contribution in [3.63, 3.8) is 0 Å². The Bertz CT molecular complexity index is 825. The van der Waals surface area contributed by atoms with Gasteiger partial charge in [-0.15, -0.1) is 0 Å². The quantitative estimate of drug-likeness (QED) is 0.846. The molecule has 2 fully saturated rings. The van der Waals surface area contributed by atoms with Crippen LogP contribution in [0.5, 0.6) is 5.75 Å². The summed E-state index contributed by atoms with van der Waals surface area (Å²) in [5, 5.41) is 10.7. The molecule has 2 aliphatic rings. The molecular weight excluding hydrogens is 356 g/mol. The lowest BCUT2D eigenvalue weighted by molar-refractivity contribution is 0.213. The first-order valence-electron chi connectivity index (χ1n) is 10.1. The molecule has 4 rings (SSSR count). The predicted molar refractivity (Wildman–Crippen MR) is 107 cm³/mol. The molecule has 0 spiro atoms. The maximum absolute atomic E-state index is 12.3. The van der Waals surface area contributed by atoms with E-state index in [1.165, 1.54) is 25.5 Å². The summed E-state index contributed by atoms with van der Waals surface area (Å²) in [6.45, 7) is 6.42. The molecule has 2 saturated heterocycles. The van der Waals surface area contributed by atoms with Crippen molar-refractivity contribution in [2.24, 2.45) is 0 Å². The van der Waals surface area contributed by atoms with Gasteiger partial charge in [-0.05, 0) is 38.1 Å². The Morgan fingerprint density at radius 1 is 0.964 bits per heavy atom. The largest absolute Gasteiger partial charge is 0.507 e. The van der Waals surface area contributed by atoms with E-state index in [4.69, 9.17) is 4.42 Å². The highest BCUT2D eigenvalue weighted by atomic mass is 16.4. The van der Waals surface area contributed by atoms with Gasteiger partial charge in [-0.3, -0.25) is 9.80 Å². The fourth-order valence-corrected chi connectivity index (χ4v) is 4.05. The first-order chi connectivity index (χ1) is 13.7. The molecule has 0 amide bonds. The first kappa shape index (κ1) is 19.0. The van der Waals surface area contributed by atoms with E-state index in [0.717, 1.165) is 45.1 Å². The predicted octanol–water partition coefficient (Wildman–Crippen LogP) is 2.05. The zero-order chi connectivity index (χ0) is 19.3. The number of hydrogen-bond donors (Lipinski definition) is 1. The number of piperazine rings is 1. The Morgan fingerprint density at radius 3 is 2.43 bits per heavy atom. The van der Waals surface area contributed by atoms with Gasteiger partial charge in [0, 0.05) is 51.0 Å². The Balaban J connectivity index is 1.40. The lowest BCUT2D eigenvalue weighted by Crippen LogP contribution is -2.46. The number of anilines is 1. The summed E-state index contributed by atoms with van der Waals surface area (Å²) >= 11 is 0. The Morgan fingerprint density at radius 2 is 1.71 bits per heavy atom. The Hall–Kier alpha value is -2.38. The second-order valence-electron chi connectivity index (χ2n) is 7.66. The van der Waals surface area contributed by atoms with Crippen molar-refractivity contribution >= 4 is 5.82 Å². The molecule has 7 heteroatoms. The summed E-state index contributed by atoms with van der Waals surface area (Å²) in [5.41, 5.74) is 0.650. The summed E-state index contributed by atoms with van der Waals surface area (Å²) in [7, 11) is 0. The summed E-state index contributed by atoms with van der Waals surface area (Å²) in [5.74, 6) is 1.09. The second-order valence-corrected chi connectivity index (χ2v) is 7.66. The van der Waals surface area contributed by atoms with Crippen LogP contribution < -0.4 is 10.5 Å². The van der Waals surface area contributed by atoms with Crippen LogP contribution in [-0.2, 0) is 13.1 Å². The van der Waals surface area contributed by atoms with Crippen LogP contribution in [0.3, 0.4) is 0 Å². The van der Waals surface area contributed by atoms with Crippen molar-refractivity contribution in [2.75, 3.05) is 44.2 Å². The van der Waals surface area contributed by atoms with E-state index in [1.807, 2.05) is 18.2 Å². The Kier molecular flexibility index (Phi) is 5.92. The van der Waals surface area contributed by atoms with Crippen molar-refractivity contribution in [1.82, 2.24) is 14.8 Å². The van der Waals surface area contributed by atoms with Gasteiger partial charge in [0.1, 0.15) is 17.8 Å². The van der Waals surface area contributed by atoms with E-state index in [-0.39, 0.29) is 5.75 Å². The SMILES string of the molecule is O=c1occ(CN2CCCCC2)c(O)c1CN1CCN(c2ccccn2)CC1. The molecule has 4 heterocycles. The van der Waals surface area contributed by atoms with Crippen LogP contribution >= 0.6 is 0 Å². The summed E-state index contributed by atoms with van der Waals surface area (Å²) < 4.78 is 5.25. The number of aromatic nitrogens is 1. The van der Waals surface area contributed by atoms with Crippen molar-refractivity contribution in [3.8, 4) is 5.75 Å². The maximum Gasteiger partial charge on any atom is 0.343 e. The lowest BCUT2D eigenvalue weighted by atomic mass is 10.1. The van der Waals surface area contributed by atoms with Gasteiger partial charge in [0.15, 0.2) is 0 Å². The monoisotopic (exact) mass is 384 g/mol. The number of piperidine rings is 1. The van der Waals surface area contributed by atoms with Crippen LogP contribution in [0.2, 0.25) is 0 Å². The molecule has 0 aromatic carbocycles. The molecule has 2 aromatic rings. The van der Waals surface area contributed by atoms with Crippen LogP contribution in [0.25, 0.3) is 0 Å². The second kappa shape index (κ2) is 8.75. The summed E-state index contributed by atoms with van der Waals surface area (Å²) in [6, 6.07) is 5.92. The van der Waals surface area contributed by atoms with Crippen LogP contribution in [0.1, 0.15) is 30.4 Å². The highest BCUT2D eigenvalue weighted by Gasteiger charge is 2.23. The van der Waals surface area contributed by atoms with E-state index in [9.17, 15) is 9.90 Å². The van der Waals surface area contributed by atoms with E-state index in [2.05, 4.69) is 19.7 Å². The van der Waals surface area contributed by atoms with Gasteiger partial charge in [-0.25, -0.2) is 9.78 Å². The fourth-order valence-electron chi connectivity index (χ4n) is 4.05. The summed E-state index contributed by atoms with van der Waals surface area (Å²) in [6.07, 6.45) is 6.87. The molecule has 0 atom stereocenters. The number of hydrogen-bond acceptors (Lipinski definition) is 7. The smallest absolute Gasteiger partial charge is 0.343 e. The maximum atomic E-state index is 12.3. The molecule has 0 aliphatic carbocycles. The molecule has 28 heavy (non-hydrogen) atoms. The molecule has 2 aliphatic heterocycles. The summed E-state index contributed by atoms with van der Waals surface area (Å²) in [4.78, 5) is 23.4. The minimum absolute atomic E-state index is 0.106. The molecule has 0 bridgehead atoms. The van der Waals surface area contributed by atoms with Crippen LogP contribution in [0.4, 0.5) is 5.82 Å². The van der Waals surface area contributed by atoms with Crippen molar-refractivity contribution < 1.29 is 9.52 Å². The molecular formula is C21H28N4O3. The molecule has 0 unspecified atom stereocenters. The highest BCUT2D eigenvalue weighted by Crippen LogP contribution is 2.24. The first-order valence-corrected chi connectivity index (χ1v) is 10.1. The van der Waals surface area contributed by atoms with Crippen molar-refractivity contribution in [1.29, 1.82) is 0 Å². The van der Waals surface area contributed by atoms with Gasteiger partial charge in [0.25, 0.3) is 0 Å². The number of pyridine rings is 1. The van der Waals surface area contributed by atoms with E-state index >= 15 is 0 Å². The average Bonchev–Trinajstić information content (AvgIpc) is 2.75. The molecule has 1 N–H and O–H groups in total. The van der Waals surface area contributed by atoms with Gasteiger partial charge in [-0.2, -0.15) is 0 Å². The number of likely N-dealkylation sites (tertiary alicyclic amines) is 1. The third-order valence-corrected chi connectivity index (χ3v) is 5.71. The lowest BCUT2D eigenvalue weighted by Gasteiger charge is -2.35. The third kappa shape index (κ3) is 4.36. The van der Waals surface area contributed by atoms with Crippen LogP contribution in [-0.4, -0.2) is 59.2 Å². The van der Waals surface area contributed by atoms with Crippen LogP contribution in [0, 0.1) is 0 Å². The van der Waals surface area contributed by atoms with Gasteiger partial charge >= 0.3 is 5.63 Å². The molecule has 0 saturated carbocycles. The molecule has 2 aromatic heterocycles. The van der Waals surface area contributed by atoms with Crippen molar-refractivity contribution in [3.05, 3.63) is 52.2 Å².